The summed E-state index contributed by atoms with van der Waals surface area (Å²) in [5.41, 5.74) is 0.0134. The van der Waals surface area contributed by atoms with E-state index in [-0.39, 0.29) is 29.6 Å². The van der Waals surface area contributed by atoms with Gasteiger partial charge in [0.2, 0.25) is 5.91 Å². The Morgan fingerprint density at radius 1 is 1.21 bits per heavy atom. The molecule has 1 heterocycles. The molecule has 0 atom stereocenters. The van der Waals surface area contributed by atoms with E-state index in [1.807, 2.05) is 0 Å². The molecular formula is C15H30N2O2. The normalized spacial score (nSPS) is 18.4. The molecule has 1 aliphatic rings. The number of piperidine rings is 1. The highest BCUT2D eigenvalue weighted by Gasteiger charge is 2.27. The Kier molecular flexibility index (Phi) is 5.81. The summed E-state index contributed by atoms with van der Waals surface area (Å²) in [7, 11) is 0. The van der Waals surface area contributed by atoms with Crippen LogP contribution in [0.1, 0.15) is 53.9 Å². The first-order chi connectivity index (χ1) is 8.68. The minimum atomic E-state index is -0.188. The number of hydrogen-bond acceptors (Lipinski definition) is 3. The van der Waals surface area contributed by atoms with E-state index in [0.29, 0.717) is 0 Å². The van der Waals surface area contributed by atoms with Crippen LogP contribution in [-0.4, -0.2) is 37.2 Å². The molecule has 4 heteroatoms. The van der Waals surface area contributed by atoms with Crippen molar-refractivity contribution in [2.75, 3.05) is 19.7 Å². The van der Waals surface area contributed by atoms with Gasteiger partial charge in [-0.1, -0.05) is 20.8 Å². The van der Waals surface area contributed by atoms with Crippen molar-refractivity contribution in [3.05, 3.63) is 0 Å². The van der Waals surface area contributed by atoms with Crippen LogP contribution in [0.4, 0.5) is 0 Å². The van der Waals surface area contributed by atoms with E-state index in [2.05, 4.69) is 45.3 Å². The highest BCUT2D eigenvalue weighted by molar-refractivity contribution is 5.77. The van der Waals surface area contributed by atoms with Gasteiger partial charge in [0.1, 0.15) is 6.61 Å². The molecule has 0 aliphatic carbocycles. The van der Waals surface area contributed by atoms with E-state index in [1.54, 1.807) is 0 Å². The van der Waals surface area contributed by atoms with Crippen LogP contribution in [0, 0.1) is 5.41 Å². The van der Waals surface area contributed by atoms with Crippen molar-refractivity contribution in [3.8, 4) is 0 Å². The monoisotopic (exact) mass is 270 g/mol. The third-order valence-corrected chi connectivity index (χ3v) is 3.19. The van der Waals surface area contributed by atoms with Gasteiger partial charge < -0.3 is 15.4 Å². The summed E-state index contributed by atoms with van der Waals surface area (Å²) in [6, 6.07) is 0. The number of carbonyl (C=O) groups excluding carboxylic acids is 1. The topological polar surface area (TPSA) is 50.4 Å². The Morgan fingerprint density at radius 3 is 2.32 bits per heavy atom. The summed E-state index contributed by atoms with van der Waals surface area (Å²) in [5.74, 6) is -0.00668. The number of hydrogen-bond donors (Lipinski definition) is 2. The molecule has 0 bridgehead atoms. The van der Waals surface area contributed by atoms with Crippen LogP contribution in [0.15, 0.2) is 0 Å². The third kappa shape index (κ3) is 7.53. The van der Waals surface area contributed by atoms with Crippen LogP contribution in [0.3, 0.4) is 0 Å². The van der Waals surface area contributed by atoms with Gasteiger partial charge in [-0.05, 0) is 51.6 Å². The van der Waals surface area contributed by atoms with E-state index in [1.165, 1.54) is 0 Å². The highest BCUT2D eigenvalue weighted by atomic mass is 16.5. The summed E-state index contributed by atoms with van der Waals surface area (Å²) < 4.78 is 5.67. The number of ether oxygens (including phenoxy) is 1. The predicted octanol–water partition coefficient (Wildman–Crippen LogP) is 2.09. The Balaban J connectivity index is 2.29. The van der Waals surface area contributed by atoms with E-state index in [4.69, 9.17) is 4.74 Å². The summed E-state index contributed by atoms with van der Waals surface area (Å²) in [6.45, 7) is 12.9. The molecule has 4 nitrogen and oxygen atoms in total. The Morgan fingerprint density at radius 2 is 1.79 bits per heavy atom. The lowest BCUT2D eigenvalue weighted by Crippen LogP contribution is -2.47. The molecule has 1 rings (SSSR count). The molecule has 19 heavy (non-hydrogen) atoms. The molecule has 0 spiro atoms. The second-order valence-electron chi connectivity index (χ2n) is 7.43. The molecule has 112 valence electrons. The van der Waals surface area contributed by atoms with Crippen molar-refractivity contribution < 1.29 is 9.53 Å². The van der Waals surface area contributed by atoms with Crippen molar-refractivity contribution in [2.24, 2.45) is 5.41 Å². The molecule has 1 aliphatic heterocycles. The average Bonchev–Trinajstić information content (AvgIpc) is 2.23. The molecule has 1 fully saturated rings. The predicted molar refractivity (Wildman–Crippen MR) is 78.1 cm³/mol. The van der Waals surface area contributed by atoms with Gasteiger partial charge in [0.15, 0.2) is 0 Å². The first-order valence-electron chi connectivity index (χ1n) is 7.31. The van der Waals surface area contributed by atoms with Crippen molar-refractivity contribution in [3.63, 3.8) is 0 Å². The van der Waals surface area contributed by atoms with Crippen LogP contribution in [0.5, 0.6) is 0 Å². The fraction of sp³-hybridized carbons (Fsp3) is 0.933. The maximum absolute atomic E-state index is 11.9. The minimum absolute atomic E-state index is 0.00668. The lowest BCUT2D eigenvalue weighted by Gasteiger charge is -2.33. The number of carbonyl (C=O) groups is 1. The maximum Gasteiger partial charge on any atom is 0.246 e. The van der Waals surface area contributed by atoms with Gasteiger partial charge in [0, 0.05) is 5.54 Å². The molecular weight excluding hydrogens is 240 g/mol. The molecule has 0 aromatic heterocycles. The summed E-state index contributed by atoms with van der Waals surface area (Å²) in [5, 5.41) is 6.36. The van der Waals surface area contributed by atoms with E-state index < -0.39 is 0 Å². The first kappa shape index (κ1) is 16.4. The quantitative estimate of drug-likeness (QED) is 0.804. The van der Waals surface area contributed by atoms with Crippen LogP contribution in [0.2, 0.25) is 0 Å². The van der Waals surface area contributed by atoms with Crippen LogP contribution in [0.25, 0.3) is 0 Å². The smallest absolute Gasteiger partial charge is 0.246 e. The van der Waals surface area contributed by atoms with Gasteiger partial charge in [-0.3, -0.25) is 4.79 Å². The molecule has 0 aromatic carbocycles. The zero-order valence-electron chi connectivity index (χ0n) is 13.1. The zero-order valence-corrected chi connectivity index (χ0v) is 13.1. The van der Waals surface area contributed by atoms with Gasteiger partial charge in [0.05, 0.1) is 6.10 Å². The molecule has 0 radical (unpaired) electrons. The number of nitrogens with one attached hydrogen (secondary N) is 2. The third-order valence-electron chi connectivity index (χ3n) is 3.19. The second kappa shape index (κ2) is 6.71. The summed E-state index contributed by atoms with van der Waals surface area (Å²) in [4.78, 5) is 11.9. The van der Waals surface area contributed by atoms with Gasteiger partial charge in [-0.2, -0.15) is 0 Å². The molecule has 1 amide bonds. The Bertz CT molecular complexity index is 289. The van der Waals surface area contributed by atoms with Crippen molar-refractivity contribution in [1.29, 1.82) is 0 Å². The standard InChI is InChI=1S/C15H30N2O2/c1-14(2,3)11-15(4,5)17-13(18)10-19-12-6-8-16-9-7-12/h12,16H,6-11H2,1-5H3,(H,17,18). The SMILES string of the molecule is CC(C)(C)CC(C)(C)NC(=O)COC1CCNCC1. The summed E-state index contributed by atoms with van der Waals surface area (Å²) >= 11 is 0. The fourth-order valence-electron chi connectivity index (χ4n) is 2.94. The van der Waals surface area contributed by atoms with Crippen LogP contribution in [-0.2, 0) is 9.53 Å². The second-order valence-corrected chi connectivity index (χ2v) is 7.43. The average molecular weight is 270 g/mol. The number of amides is 1. The lowest BCUT2D eigenvalue weighted by molar-refractivity contribution is -0.130. The molecule has 1 saturated heterocycles. The molecule has 2 N–H and O–H groups in total. The van der Waals surface area contributed by atoms with Gasteiger partial charge in [-0.15, -0.1) is 0 Å². The van der Waals surface area contributed by atoms with E-state index in [0.717, 1.165) is 32.4 Å². The largest absolute Gasteiger partial charge is 0.368 e. The molecule has 0 saturated carbocycles. The van der Waals surface area contributed by atoms with Gasteiger partial charge in [0.25, 0.3) is 0 Å². The first-order valence-corrected chi connectivity index (χ1v) is 7.31. The fourth-order valence-corrected chi connectivity index (χ4v) is 2.94. The van der Waals surface area contributed by atoms with Gasteiger partial charge >= 0.3 is 0 Å². The Labute approximate surface area is 117 Å². The maximum atomic E-state index is 11.9. The minimum Gasteiger partial charge on any atom is -0.368 e. The van der Waals surface area contributed by atoms with Crippen molar-refractivity contribution >= 4 is 5.91 Å². The number of rotatable bonds is 5. The molecule has 0 unspecified atom stereocenters. The van der Waals surface area contributed by atoms with Gasteiger partial charge in [-0.25, -0.2) is 0 Å². The zero-order chi connectivity index (χ0) is 14.5. The van der Waals surface area contributed by atoms with E-state index in [9.17, 15) is 4.79 Å². The van der Waals surface area contributed by atoms with Crippen LogP contribution >= 0.6 is 0 Å². The van der Waals surface area contributed by atoms with Crippen LogP contribution < -0.4 is 10.6 Å². The van der Waals surface area contributed by atoms with Crippen molar-refractivity contribution in [2.45, 2.75) is 65.5 Å². The molecule has 0 aromatic rings. The lowest BCUT2D eigenvalue weighted by atomic mass is 9.82. The van der Waals surface area contributed by atoms with E-state index >= 15 is 0 Å². The van der Waals surface area contributed by atoms with Crippen molar-refractivity contribution in [1.82, 2.24) is 10.6 Å². The Hall–Kier alpha value is -0.610. The highest BCUT2D eigenvalue weighted by Crippen LogP contribution is 2.26. The summed E-state index contributed by atoms with van der Waals surface area (Å²) in [6.07, 6.45) is 3.17.